The highest BCUT2D eigenvalue weighted by Gasteiger charge is 2.25. The predicted octanol–water partition coefficient (Wildman–Crippen LogP) is 7.34. The Morgan fingerprint density at radius 1 is 1.26 bits per heavy atom. The number of carbonyl (C=O) groups excluding carboxylic acids is 1. The van der Waals surface area contributed by atoms with Gasteiger partial charge in [0.05, 0.1) is 23.3 Å². The van der Waals surface area contributed by atoms with Crippen molar-refractivity contribution in [2.75, 3.05) is 25.1 Å². The van der Waals surface area contributed by atoms with Crippen LogP contribution in [0.2, 0.25) is 0 Å². The molecule has 0 unspecified atom stereocenters. The van der Waals surface area contributed by atoms with Crippen LogP contribution in [0.3, 0.4) is 0 Å². The van der Waals surface area contributed by atoms with E-state index in [9.17, 15) is 4.79 Å². The van der Waals surface area contributed by atoms with E-state index in [0.29, 0.717) is 11.4 Å². The van der Waals surface area contributed by atoms with Crippen LogP contribution in [0.15, 0.2) is 85.3 Å². The Morgan fingerprint density at radius 2 is 1.85 bits per heavy atom. The molecule has 2 rings (SSSR count). The van der Waals surface area contributed by atoms with Gasteiger partial charge in [-0.2, -0.15) is 0 Å². The number of amides is 1. The molecule has 3 N–H and O–H groups in total. The van der Waals surface area contributed by atoms with E-state index in [1.807, 2.05) is 51.9 Å². The number of hydrogen-bond donors (Lipinski definition) is 2. The van der Waals surface area contributed by atoms with E-state index in [4.69, 9.17) is 5.73 Å². The van der Waals surface area contributed by atoms with Crippen LogP contribution in [-0.4, -0.2) is 29.9 Å². The monoisotopic (exact) mass is 468 g/mol. The summed E-state index contributed by atoms with van der Waals surface area (Å²) in [4.78, 5) is 17.5. The zero-order valence-corrected chi connectivity index (χ0v) is 22.4. The summed E-state index contributed by atoms with van der Waals surface area (Å²) >= 11 is 0. The molecule has 1 aliphatic carbocycles. The van der Waals surface area contributed by atoms with Crippen LogP contribution in [0.1, 0.15) is 49.6 Å². The molecule has 5 nitrogen and oxygen atoms in total. The molecule has 0 atom stereocenters. The highest BCUT2D eigenvalue weighted by Crippen LogP contribution is 2.37. The first kappa shape index (κ1) is 30.7. The number of rotatable bonds is 8. The van der Waals surface area contributed by atoms with Crippen LogP contribution in [0.5, 0.6) is 0 Å². The fourth-order valence-electron chi connectivity index (χ4n) is 2.44. The largest absolute Gasteiger partial charge is 0.397 e. The Balaban J connectivity index is -0.000000525. The molecule has 0 saturated heterocycles. The lowest BCUT2D eigenvalue weighted by molar-refractivity contribution is -0.118. The van der Waals surface area contributed by atoms with Crippen molar-refractivity contribution < 1.29 is 7.65 Å². The van der Waals surface area contributed by atoms with Crippen molar-refractivity contribution >= 4 is 17.3 Å². The van der Waals surface area contributed by atoms with E-state index in [1.165, 1.54) is 12.0 Å². The van der Waals surface area contributed by atoms with Gasteiger partial charge in [-0.25, -0.2) is 0 Å². The van der Waals surface area contributed by atoms with Crippen molar-refractivity contribution in [3.63, 3.8) is 0 Å². The van der Waals surface area contributed by atoms with E-state index in [1.54, 1.807) is 18.3 Å². The number of nitrogens with one attached hydrogen (secondary N) is 1. The highest BCUT2D eigenvalue weighted by molar-refractivity contribution is 5.92. The van der Waals surface area contributed by atoms with Gasteiger partial charge < -0.3 is 16.0 Å². The molecule has 0 fully saturated rings. The fraction of sp³-hybridized carbons (Fsp3) is 0.379. The number of nitrogen functional groups attached to an aromatic ring is 1. The maximum absolute atomic E-state index is 11.4. The third kappa shape index (κ3) is 12.6. The summed E-state index contributed by atoms with van der Waals surface area (Å²) in [6.45, 7) is 19.5. The highest BCUT2D eigenvalue weighted by atomic mass is 16.1. The van der Waals surface area contributed by atoms with Crippen LogP contribution in [0.4, 0.5) is 11.4 Å². The standard InChI is InChI=1S/C16H21N.C10H15N3O.C3H8.2H2/c1-6-8-9-15(12-16(3)10-11-16)14(7-2)13-17(4)5;1-6(2)10(14)13-9-4-8(11)5-12-7(9)3;1-3-2;;/h6-13H,1-2H2,3-5H3;4-6H,11H2,1-3H3,(H,13,14);3H2,1-2H3;2*1H/b9-8-,14-13+,15-12+;;;;. The van der Waals surface area contributed by atoms with E-state index in [-0.39, 0.29) is 20.1 Å². The quantitative estimate of drug-likeness (QED) is 0.309. The Bertz CT molecular complexity index is 939. The van der Waals surface area contributed by atoms with Gasteiger partial charge in [0.15, 0.2) is 0 Å². The van der Waals surface area contributed by atoms with Gasteiger partial charge in [0, 0.05) is 34.5 Å². The van der Waals surface area contributed by atoms with Crippen molar-refractivity contribution in [2.45, 2.75) is 48.0 Å². The van der Waals surface area contributed by atoms with Crippen molar-refractivity contribution in [2.24, 2.45) is 11.3 Å². The number of hydrogen-bond acceptors (Lipinski definition) is 4. The lowest BCUT2D eigenvalue weighted by Crippen LogP contribution is -2.18. The van der Waals surface area contributed by atoms with Crippen molar-refractivity contribution in [1.82, 2.24) is 9.88 Å². The summed E-state index contributed by atoms with van der Waals surface area (Å²) in [6.07, 6.45) is 19.2. The van der Waals surface area contributed by atoms with Gasteiger partial charge in [-0.05, 0) is 31.1 Å². The number of nitrogens with two attached hydrogens (primary N) is 1. The Kier molecular flexibility index (Phi) is 14.0. The second-order valence-electron chi connectivity index (χ2n) is 8.90. The molecular formula is C29H48N4O. The maximum atomic E-state index is 11.4. The molecule has 0 aliphatic heterocycles. The van der Waals surface area contributed by atoms with Gasteiger partial charge in [0.2, 0.25) is 5.91 Å². The van der Waals surface area contributed by atoms with Gasteiger partial charge in [-0.1, -0.05) is 89.8 Å². The van der Waals surface area contributed by atoms with Gasteiger partial charge in [0.1, 0.15) is 0 Å². The molecule has 0 bridgehead atoms. The zero-order valence-electron chi connectivity index (χ0n) is 22.4. The van der Waals surface area contributed by atoms with Crippen LogP contribution < -0.4 is 11.1 Å². The molecule has 1 aliphatic rings. The molecule has 0 aromatic carbocycles. The maximum Gasteiger partial charge on any atom is 0.226 e. The predicted molar refractivity (Wildman–Crippen MR) is 154 cm³/mol. The zero-order chi connectivity index (χ0) is 26.3. The lowest BCUT2D eigenvalue weighted by Gasteiger charge is -2.12. The molecule has 190 valence electrons. The van der Waals surface area contributed by atoms with Crippen molar-refractivity contribution in [3.05, 3.63) is 91.0 Å². The van der Waals surface area contributed by atoms with E-state index >= 15 is 0 Å². The van der Waals surface area contributed by atoms with Gasteiger partial charge in [-0.3, -0.25) is 9.78 Å². The van der Waals surface area contributed by atoms with Crippen molar-refractivity contribution in [1.29, 1.82) is 0 Å². The van der Waals surface area contributed by atoms with Crippen LogP contribution in [0, 0.1) is 18.3 Å². The van der Waals surface area contributed by atoms with E-state index in [2.05, 4.69) is 74.7 Å². The van der Waals surface area contributed by atoms with Crippen LogP contribution in [-0.2, 0) is 4.79 Å². The number of pyridine rings is 1. The summed E-state index contributed by atoms with van der Waals surface area (Å²) in [6, 6.07) is 1.71. The summed E-state index contributed by atoms with van der Waals surface area (Å²) in [5.41, 5.74) is 9.99. The average Bonchev–Trinajstić information content (AvgIpc) is 3.49. The number of nitrogens with zero attached hydrogens (tertiary/aromatic N) is 2. The van der Waals surface area contributed by atoms with Gasteiger partial charge in [-0.15, -0.1) is 0 Å². The fourth-order valence-corrected chi connectivity index (χ4v) is 2.44. The van der Waals surface area contributed by atoms with E-state index < -0.39 is 0 Å². The first-order valence-electron chi connectivity index (χ1n) is 11.7. The molecular weight excluding hydrogens is 420 g/mol. The van der Waals surface area contributed by atoms with E-state index in [0.717, 1.165) is 11.3 Å². The smallest absolute Gasteiger partial charge is 0.226 e. The molecule has 1 heterocycles. The summed E-state index contributed by atoms with van der Waals surface area (Å²) in [7, 11) is 4.02. The second kappa shape index (κ2) is 15.5. The summed E-state index contributed by atoms with van der Waals surface area (Å²) in [5.74, 6) is -0.0728. The van der Waals surface area contributed by atoms with Gasteiger partial charge >= 0.3 is 0 Å². The Labute approximate surface area is 210 Å². The lowest BCUT2D eigenvalue weighted by atomic mass is 9.97. The summed E-state index contributed by atoms with van der Waals surface area (Å²) < 4.78 is 0. The molecule has 1 amide bonds. The molecule has 1 aromatic heterocycles. The number of allylic oxidation sites excluding steroid dienone is 9. The third-order valence-corrected chi connectivity index (χ3v) is 4.41. The topological polar surface area (TPSA) is 71.2 Å². The molecule has 5 heteroatoms. The first-order valence-corrected chi connectivity index (χ1v) is 11.7. The number of anilines is 2. The Hall–Kier alpha value is -3.34. The number of aromatic nitrogens is 1. The minimum Gasteiger partial charge on any atom is -0.397 e. The molecule has 34 heavy (non-hydrogen) atoms. The first-order chi connectivity index (χ1) is 15.9. The van der Waals surface area contributed by atoms with Crippen molar-refractivity contribution in [3.8, 4) is 0 Å². The van der Waals surface area contributed by atoms with Gasteiger partial charge in [0.25, 0.3) is 0 Å². The normalized spacial score (nSPS) is 13.9. The average molecular weight is 469 g/mol. The molecule has 0 saturated carbocycles. The van der Waals surface area contributed by atoms with Crippen LogP contribution in [0.25, 0.3) is 0 Å². The Morgan fingerprint density at radius 3 is 2.29 bits per heavy atom. The second-order valence-corrected chi connectivity index (χ2v) is 8.90. The number of aryl methyl sites for hydroxylation is 1. The minimum atomic E-state index is -0.0455. The minimum absolute atomic E-state index is 0. The third-order valence-electron chi connectivity index (χ3n) is 4.41. The van der Waals surface area contributed by atoms with Crippen LogP contribution >= 0.6 is 0 Å². The summed E-state index contributed by atoms with van der Waals surface area (Å²) in [5, 5.41) is 2.77. The SMILES string of the molecule is C=C\C=C/C(=C\C1(C)C=C1)C(/C=C)=C/N(C)C.CCC.Cc1ncc(N)cc1NC(=O)C(C)C.[HH].[HH]. The number of carbonyl (C=O) groups is 1. The molecule has 1 aromatic rings. The molecule has 0 spiro atoms. The molecule has 0 radical (unpaired) electrons.